The number of halogens is 2. The smallest absolute Gasteiger partial charge is 0.243 e. The van der Waals surface area contributed by atoms with Crippen LogP contribution in [-0.2, 0) is 4.79 Å². The highest BCUT2D eigenvalue weighted by atomic mass is 79.9. The molecule has 0 aromatic heterocycles. The normalized spacial score (nSPS) is 9.76. The van der Waals surface area contributed by atoms with Crippen LogP contribution in [0.1, 0.15) is 5.56 Å². The van der Waals surface area contributed by atoms with E-state index in [1.807, 2.05) is 6.07 Å². The van der Waals surface area contributed by atoms with Crippen LogP contribution >= 0.6 is 15.9 Å². The van der Waals surface area contributed by atoms with E-state index < -0.39 is 5.82 Å². The molecule has 0 radical (unpaired) electrons. The first-order valence-corrected chi connectivity index (χ1v) is 6.87. The molecule has 0 saturated heterocycles. The molecular weight excluding hydrogens is 337 g/mol. The van der Waals surface area contributed by atoms with Gasteiger partial charge in [-0.2, -0.15) is 5.26 Å². The second-order valence-corrected chi connectivity index (χ2v) is 5.13. The van der Waals surface area contributed by atoms with Crippen molar-refractivity contribution in [2.45, 2.75) is 0 Å². The lowest BCUT2D eigenvalue weighted by Gasteiger charge is -2.09. The molecule has 0 fully saturated rings. The zero-order valence-corrected chi connectivity index (χ0v) is 12.4. The van der Waals surface area contributed by atoms with Crippen molar-refractivity contribution >= 4 is 33.2 Å². The number of nitrogens with zero attached hydrogens (tertiary/aromatic N) is 1. The molecule has 21 heavy (non-hydrogen) atoms. The highest BCUT2D eigenvalue weighted by Crippen LogP contribution is 2.20. The van der Waals surface area contributed by atoms with E-state index in [0.717, 1.165) is 4.47 Å². The van der Waals surface area contributed by atoms with Crippen molar-refractivity contribution in [2.24, 2.45) is 0 Å². The van der Waals surface area contributed by atoms with Crippen molar-refractivity contribution in [3.63, 3.8) is 0 Å². The predicted molar refractivity (Wildman–Crippen MR) is 82.4 cm³/mol. The SMILES string of the molecule is N#Cc1cc(Br)ccc1NCC(=O)Nc1cccc(F)c1. The summed E-state index contributed by atoms with van der Waals surface area (Å²) in [6, 6.07) is 12.8. The molecule has 0 atom stereocenters. The van der Waals surface area contributed by atoms with Gasteiger partial charge >= 0.3 is 0 Å². The van der Waals surface area contributed by atoms with E-state index in [9.17, 15) is 9.18 Å². The van der Waals surface area contributed by atoms with Crippen LogP contribution in [-0.4, -0.2) is 12.5 Å². The van der Waals surface area contributed by atoms with Gasteiger partial charge in [0, 0.05) is 10.2 Å². The number of hydrogen-bond acceptors (Lipinski definition) is 3. The number of anilines is 2. The van der Waals surface area contributed by atoms with E-state index in [1.54, 1.807) is 24.3 Å². The van der Waals surface area contributed by atoms with E-state index in [1.165, 1.54) is 18.2 Å². The fourth-order valence-electron chi connectivity index (χ4n) is 1.71. The number of nitrogens with one attached hydrogen (secondary N) is 2. The van der Waals surface area contributed by atoms with Crippen molar-refractivity contribution in [1.29, 1.82) is 5.26 Å². The predicted octanol–water partition coefficient (Wildman–Crippen LogP) is 3.51. The van der Waals surface area contributed by atoms with Gasteiger partial charge in [-0.25, -0.2) is 4.39 Å². The second kappa shape index (κ2) is 6.86. The Morgan fingerprint density at radius 3 is 2.81 bits per heavy atom. The molecule has 0 unspecified atom stereocenters. The summed E-state index contributed by atoms with van der Waals surface area (Å²) in [5.74, 6) is -0.743. The molecule has 0 saturated carbocycles. The highest BCUT2D eigenvalue weighted by molar-refractivity contribution is 9.10. The molecule has 1 amide bonds. The number of benzene rings is 2. The van der Waals surface area contributed by atoms with E-state index in [2.05, 4.69) is 26.6 Å². The van der Waals surface area contributed by atoms with Gasteiger partial charge in [0.05, 0.1) is 17.8 Å². The maximum Gasteiger partial charge on any atom is 0.243 e. The minimum Gasteiger partial charge on any atom is -0.375 e. The quantitative estimate of drug-likeness (QED) is 0.889. The summed E-state index contributed by atoms with van der Waals surface area (Å²) in [5, 5.41) is 14.5. The number of rotatable bonds is 4. The van der Waals surface area contributed by atoms with Gasteiger partial charge in [0.2, 0.25) is 5.91 Å². The van der Waals surface area contributed by atoms with Gasteiger partial charge in [0.25, 0.3) is 0 Å². The fraction of sp³-hybridized carbons (Fsp3) is 0.0667. The number of carbonyl (C=O) groups is 1. The monoisotopic (exact) mass is 347 g/mol. The topological polar surface area (TPSA) is 64.9 Å². The standard InChI is InChI=1S/C15H11BrFN3O/c16-11-4-5-14(10(6-11)8-18)19-9-15(21)20-13-3-1-2-12(17)7-13/h1-7,19H,9H2,(H,20,21). The molecule has 0 bridgehead atoms. The van der Waals surface area contributed by atoms with E-state index >= 15 is 0 Å². The Balaban J connectivity index is 1.97. The van der Waals surface area contributed by atoms with Crippen LogP contribution in [0.15, 0.2) is 46.9 Å². The number of nitriles is 1. The number of hydrogen-bond donors (Lipinski definition) is 2. The Hall–Kier alpha value is -2.39. The summed E-state index contributed by atoms with van der Waals surface area (Å²) < 4.78 is 13.8. The lowest BCUT2D eigenvalue weighted by molar-refractivity contribution is -0.114. The summed E-state index contributed by atoms with van der Waals surface area (Å²) >= 11 is 3.27. The van der Waals surface area contributed by atoms with Crippen molar-refractivity contribution in [1.82, 2.24) is 0 Å². The van der Waals surface area contributed by atoms with E-state index in [4.69, 9.17) is 5.26 Å². The van der Waals surface area contributed by atoms with Gasteiger partial charge in [0.1, 0.15) is 11.9 Å². The molecule has 0 aliphatic heterocycles. The second-order valence-electron chi connectivity index (χ2n) is 4.21. The van der Waals surface area contributed by atoms with Crippen molar-refractivity contribution in [3.05, 3.63) is 58.3 Å². The molecule has 0 heterocycles. The first-order chi connectivity index (χ1) is 10.1. The van der Waals surface area contributed by atoms with Gasteiger partial charge in [-0.3, -0.25) is 4.79 Å². The van der Waals surface area contributed by atoms with Crippen molar-refractivity contribution in [2.75, 3.05) is 17.2 Å². The Morgan fingerprint density at radius 2 is 2.10 bits per heavy atom. The lowest BCUT2D eigenvalue weighted by Crippen LogP contribution is -2.22. The van der Waals surface area contributed by atoms with Crippen LogP contribution in [0.25, 0.3) is 0 Å². The Labute approximate surface area is 129 Å². The van der Waals surface area contributed by atoms with Gasteiger partial charge in [0.15, 0.2) is 0 Å². The van der Waals surface area contributed by atoms with E-state index in [0.29, 0.717) is 16.9 Å². The van der Waals surface area contributed by atoms with Crippen molar-refractivity contribution < 1.29 is 9.18 Å². The molecular formula is C15H11BrFN3O. The summed E-state index contributed by atoms with van der Waals surface area (Å²) in [7, 11) is 0. The Kier molecular flexibility index (Phi) is 4.90. The summed E-state index contributed by atoms with van der Waals surface area (Å²) in [4.78, 5) is 11.8. The maximum atomic E-state index is 13.0. The average Bonchev–Trinajstić information content (AvgIpc) is 2.45. The first kappa shape index (κ1) is 15.0. The molecule has 6 heteroatoms. The molecule has 2 N–H and O–H groups in total. The third-order valence-corrected chi connectivity index (χ3v) is 3.14. The molecule has 2 aromatic carbocycles. The van der Waals surface area contributed by atoms with Gasteiger partial charge in [-0.1, -0.05) is 22.0 Å². The van der Waals surface area contributed by atoms with Crippen LogP contribution in [0.2, 0.25) is 0 Å². The molecule has 4 nitrogen and oxygen atoms in total. The molecule has 0 aliphatic rings. The number of amides is 1. The van der Waals surface area contributed by atoms with Crippen LogP contribution in [0.5, 0.6) is 0 Å². The summed E-state index contributed by atoms with van der Waals surface area (Å²) in [6.07, 6.45) is 0. The Bertz CT molecular complexity index is 712. The third-order valence-electron chi connectivity index (χ3n) is 2.65. The molecule has 2 aromatic rings. The lowest BCUT2D eigenvalue weighted by atomic mass is 10.2. The molecule has 0 spiro atoms. The summed E-state index contributed by atoms with van der Waals surface area (Å²) in [5.41, 5.74) is 1.39. The fourth-order valence-corrected chi connectivity index (χ4v) is 2.07. The summed E-state index contributed by atoms with van der Waals surface area (Å²) in [6.45, 7) is -0.0210. The highest BCUT2D eigenvalue weighted by Gasteiger charge is 2.06. The average molecular weight is 348 g/mol. The van der Waals surface area contributed by atoms with E-state index in [-0.39, 0.29) is 12.5 Å². The Morgan fingerprint density at radius 1 is 1.29 bits per heavy atom. The zero-order chi connectivity index (χ0) is 15.2. The molecule has 0 aliphatic carbocycles. The molecule has 106 valence electrons. The zero-order valence-electron chi connectivity index (χ0n) is 10.9. The maximum absolute atomic E-state index is 13.0. The largest absolute Gasteiger partial charge is 0.375 e. The minimum absolute atomic E-state index is 0.0210. The minimum atomic E-state index is -0.416. The molecule has 2 rings (SSSR count). The van der Waals surface area contributed by atoms with Crippen LogP contribution in [0, 0.1) is 17.1 Å². The van der Waals surface area contributed by atoms with Crippen molar-refractivity contribution in [3.8, 4) is 6.07 Å². The van der Waals surface area contributed by atoms with Gasteiger partial charge in [-0.05, 0) is 36.4 Å². The van der Waals surface area contributed by atoms with Crippen LogP contribution in [0.3, 0.4) is 0 Å². The van der Waals surface area contributed by atoms with Crippen LogP contribution < -0.4 is 10.6 Å². The van der Waals surface area contributed by atoms with Crippen LogP contribution in [0.4, 0.5) is 15.8 Å². The number of carbonyl (C=O) groups excluding carboxylic acids is 1. The van der Waals surface area contributed by atoms with Gasteiger partial charge in [-0.15, -0.1) is 0 Å². The van der Waals surface area contributed by atoms with Gasteiger partial charge < -0.3 is 10.6 Å². The third kappa shape index (κ3) is 4.29. The first-order valence-electron chi connectivity index (χ1n) is 6.07.